The molecule has 0 bridgehead atoms. The first-order valence-electron chi connectivity index (χ1n) is 11.8. The van der Waals surface area contributed by atoms with E-state index in [2.05, 4.69) is 66.0 Å². The van der Waals surface area contributed by atoms with Gasteiger partial charge in [0.1, 0.15) is 0 Å². The number of nitrogens with one attached hydrogen (secondary N) is 1. The number of hydrogen-bond acceptors (Lipinski definition) is 2. The van der Waals surface area contributed by atoms with Crippen LogP contribution in [-0.4, -0.2) is 18.5 Å². The SMILES string of the molecule is NCC1CCC(C(=O)NC(CCCc2ccccc2)CCCc2ccccc2)CC1. The van der Waals surface area contributed by atoms with Gasteiger partial charge in [-0.05, 0) is 87.8 Å². The summed E-state index contributed by atoms with van der Waals surface area (Å²) in [5.41, 5.74) is 8.57. The normalized spacial score (nSPS) is 19.0. The molecule has 0 aromatic heterocycles. The molecule has 0 saturated heterocycles. The van der Waals surface area contributed by atoms with Crippen LogP contribution in [0.2, 0.25) is 0 Å². The highest BCUT2D eigenvalue weighted by atomic mass is 16.1. The molecular weight excluding hydrogens is 368 g/mol. The molecule has 1 fully saturated rings. The fourth-order valence-electron chi connectivity index (χ4n) is 4.66. The number of amides is 1. The lowest BCUT2D eigenvalue weighted by atomic mass is 9.81. The first-order valence-corrected chi connectivity index (χ1v) is 11.8. The first kappa shape index (κ1) is 22.6. The van der Waals surface area contributed by atoms with Crippen LogP contribution < -0.4 is 11.1 Å². The van der Waals surface area contributed by atoms with Gasteiger partial charge in [-0.3, -0.25) is 4.79 Å². The Morgan fingerprint density at radius 2 is 1.33 bits per heavy atom. The summed E-state index contributed by atoms with van der Waals surface area (Å²) in [6.45, 7) is 0.760. The van der Waals surface area contributed by atoms with Crippen LogP contribution in [0.1, 0.15) is 62.5 Å². The van der Waals surface area contributed by atoms with E-state index in [1.54, 1.807) is 0 Å². The van der Waals surface area contributed by atoms with Crippen molar-refractivity contribution >= 4 is 5.91 Å². The Labute approximate surface area is 182 Å². The molecule has 0 atom stereocenters. The van der Waals surface area contributed by atoms with E-state index in [0.717, 1.165) is 70.8 Å². The van der Waals surface area contributed by atoms with Gasteiger partial charge in [-0.2, -0.15) is 0 Å². The predicted molar refractivity (Wildman–Crippen MR) is 125 cm³/mol. The molecule has 0 aliphatic heterocycles. The molecule has 30 heavy (non-hydrogen) atoms. The zero-order valence-corrected chi connectivity index (χ0v) is 18.3. The molecule has 0 spiro atoms. The molecule has 1 aliphatic carbocycles. The van der Waals surface area contributed by atoms with Gasteiger partial charge < -0.3 is 11.1 Å². The van der Waals surface area contributed by atoms with Gasteiger partial charge in [0, 0.05) is 12.0 Å². The van der Waals surface area contributed by atoms with Crippen molar-refractivity contribution in [1.29, 1.82) is 0 Å². The average Bonchev–Trinajstić information content (AvgIpc) is 2.80. The maximum absolute atomic E-state index is 12.9. The van der Waals surface area contributed by atoms with Gasteiger partial charge in [0.15, 0.2) is 0 Å². The van der Waals surface area contributed by atoms with Crippen LogP contribution in [0, 0.1) is 11.8 Å². The number of aryl methyl sites for hydroxylation is 2. The lowest BCUT2D eigenvalue weighted by Crippen LogP contribution is -2.40. The van der Waals surface area contributed by atoms with Gasteiger partial charge in [0.2, 0.25) is 5.91 Å². The molecule has 3 rings (SSSR count). The smallest absolute Gasteiger partial charge is 0.223 e. The van der Waals surface area contributed by atoms with Gasteiger partial charge >= 0.3 is 0 Å². The van der Waals surface area contributed by atoms with E-state index in [0.29, 0.717) is 5.92 Å². The third-order valence-corrected chi connectivity index (χ3v) is 6.62. The van der Waals surface area contributed by atoms with Crippen molar-refractivity contribution in [2.24, 2.45) is 17.6 Å². The molecule has 2 aromatic rings. The van der Waals surface area contributed by atoms with Crippen molar-refractivity contribution in [3.05, 3.63) is 71.8 Å². The Hall–Kier alpha value is -2.13. The van der Waals surface area contributed by atoms with E-state index in [9.17, 15) is 4.79 Å². The maximum Gasteiger partial charge on any atom is 0.223 e. The number of hydrogen-bond donors (Lipinski definition) is 2. The number of nitrogens with two attached hydrogens (primary N) is 1. The standard InChI is InChI=1S/C27H38N2O/c28-21-24-17-19-25(20-18-24)27(30)29-26(15-7-13-22-9-3-1-4-10-22)16-8-14-23-11-5-2-6-12-23/h1-6,9-12,24-26H,7-8,13-21,28H2,(H,29,30). The Balaban J connectivity index is 1.49. The van der Waals surface area contributed by atoms with Gasteiger partial charge in [0.05, 0.1) is 0 Å². The largest absolute Gasteiger partial charge is 0.353 e. The summed E-state index contributed by atoms with van der Waals surface area (Å²) >= 11 is 0. The lowest BCUT2D eigenvalue weighted by molar-refractivity contribution is -0.127. The maximum atomic E-state index is 12.9. The number of benzene rings is 2. The summed E-state index contributed by atoms with van der Waals surface area (Å²) in [5.74, 6) is 1.06. The van der Waals surface area contributed by atoms with Crippen LogP contribution in [0.5, 0.6) is 0 Å². The van der Waals surface area contributed by atoms with Crippen molar-refractivity contribution in [1.82, 2.24) is 5.32 Å². The van der Waals surface area contributed by atoms with Crippen LogP contribution in [0.25, 0.3) is 0 Å². The zero-order valence-electron chi connectivity index (χ0n) is 18.3. The van der Waals surface area contributed by atoms with Crippen molar-refractivity contribution in [2.45, 2.75) is 70.3 Å². The summed E-state index contributed by atoms with van der Waals surface area (Å²) in [5, 5.41) is 3.42. The molecule has 1 saturated carbocycles. The van der Waals surface area contributed by atoms with Gasteiger partial charge in [0.25, 0.3) is 0 Å². The topological polar surface area (TPSA) is 55.1 Å². The number of rotatable bonds is 11. The molecule has 3 N–H and O–H groups in total. The van der Waals surface area contributed by atoms with Crippen molar-refractivity contribution in [3.8, 4) is 0 Å². The fourth-order valence-corrected chi connectivity index (χ4v) is 4.66. The Morgan fingerprint density at radius 3 is 1.80 bits per heavy atom. The Bertz CT molecular complexity index is 678. The van der Waals surface area contributed by atoms with Crippen LogP contribution in [0.3, 0.4) is 0 Å². The predicted octanol–water partition coefficient (Wildman–Crippen LogP) is 5.28. The molecule has 0 heterocycles. The fraction of sp³-hybridized carbons (Fsp3) is 0.519. The summed E-state index contributed by atoms with van der Waals surface area (Å²) in [7, 11) is 0. The molecule has 1 amide bonds. The third-order valence-electron chi connectivity index (χ3n) is 6.62. The Morgan fingerprint density at radius 1 is 0.833 bits per heavy atom. The average molecular weight is 407 g/mol. The Kier molecular flexibility index (Phi) is 9.43. The molecule has 2 aromatic carbocycles. The minimum atomic E-state index is 0.179. The van der Waals surface area contributed by atoms with Crippen LogP contribution in [0.4, 0.5) is 0 Å². The lowest BCUT2D eigenvalue weighted by Gasteiger charge is -2.28. The summed E-state index contributed by atoms with van der Waals surface area (Å²) in [6, 6.07) is 21.6. The van der Waals surface area contributed by atoms with E-state index in [4.69, 9.17) is 5.73 Å². The van der Waals surface area contributed by atoms with E-state index >= 15 is 0 Å². The quantitative estimate of drug-likeness (QED) is 0.533. The molecule has 162 valence electrons. The second-order valence-corrected chi connectivity index (χ2v) is 8.91. The van der Waals surface area contributed by atoms with Crippen LogP contribution in [0.15, 0.2) is 60.7 Å². The highest BCUT2D eigenvalue weighted by Crippen LogP contribution is 2.28. The van der Waals surface area contributed by atoms with Gasteiger partial charge in [-0.25, -0.2) is 0 Å². The van der Waals surface area contributed by atoms with Crippen LogP contribution >= 0.6 is 0 Å². The summed E-state index contributed by atoms with van der Waals surface area (Å²) < 4.78 is 0. The monoisotopic (exact) mass is 406 g/mol. The van der Waals surface area contributed by atoms with Crippen molar-refractivity contribution < 1.29 is 4.79 Å². The minimum absolute atomic E-state index is 0.179. The second-order valence-electron chi connectivity index (χ2n) is 8.91. The summed E-state index contributed by atoms with van der Waals surface area (Å²) in [6.07, 6.45) is 10.7. The van der Waals surface area contributed by atoms with E-state index in [1.807, 2.05) is 0 Å². The molecule has 1 aliphatic rings. The number of carbonyl (C=O) groups excluding carboxylic acids is 1. The molecule has 0 radical (unpaired) electrons. The molecular formula is C27H38N2O. The number of carbonyl (C=O) groups is 1. The van der Waals surface area contributed by atoms with Crippen molar-refractivity contribution in [2.75, 3.05) is 6.54 Å². The van der Waals surface area contributed by atoms with E-state index < -0.39 is 0 Å². The minimum Gasteiger partial charge on any atom is -0.353 e. The van der Waals surface area contributed by atoms with E-state index in [1.165, 1.54) is 11.1 Å². The van der Waals surface area contributed by atoms with Gasteiger partial charge in [-0.1, -0.05) is 60.7 Å². The zero-order chi connectivity index (χ0) is 21.0. The molecule has 0 unspecified atom stereocenters. The first-order chi connectivity index (χ1) is 14.7. The highest BCUT2D eigenvalue weighted by Gasteiger charge is 2.26. The molecule has 3 heteroatoms. The van der Waals surface area contributed by atoms with Gasteiger partial charge in [-0.15, -0.1) is 0 Å². The van der Waals surface area contributed by atoms with E-state index in [-0.39, 0.29) is 17.9 Å². The van der Waals surface area contributed by atoms with Crippen molar-refractivity contribution in [3.63, 3.8) is 0 Å². The second kappa shape index (κ2) is 12.5. The third kappa shape index (κ3) is 7.60. The van der Waals surface area contributed by atoms with Crippen LogP contribution in [-0.2, 0) is 17.6 Å². The molecule has 3 nitrogen and oxygen atoms in total. The highest BCUT2D eigenvalue weighted by molar-refractivity contribution is 5.79. The summed E-state index contributed by atoms with van der Waals surface area (Å²) in [4.78, 5) is 12.9.